The third-order valence-electron chi connectivity index (χ3n) is 4.89. The molecular formula is C14H24N4. The molecular weight excluding hydrogens is 224 g/mol. The Bertz CT molecular complexity index is 417. The van der Waals surface area contributed by atoms with Gasteiger partial charge in [0.05, 0.1) is 5.69 Å². The number of aryl methyl sites for hydroxylation is 1. The van der Waals surface area contributed by atoms with Crippen LogP contribution in [0.5, 0.6) is 0 Å². The van der Waals surface area contributed by atoms with Crippen molar-refractivity contribution in [1.82, 2.24) is 19.6 Å². The molecule has 0 amide bonds. The maximum absolute atomic E-state index is 4.25. The van der Waals surface area contributed by atoms with E-state index in [9.17, 15) is 0 Å². The third kappa shape index (κ3) is 2.08. The number of hydrogen-bond acceptors (Lipinski definition) is 3. The smallest absolute Gasteiger partial charge is 0.0521 e. The summed E-state index contributed by atoms with van der Waals surface area (Å²) in [5.41, 5.74) is 1.96. The first-order chi connectivity index (χ1) is 8.58. The molecule has 2 aliphatic rings. The molecule has 0 atom stereocenters. The Balaban J connectivity index is 1.55. The second-order valence-corrected chi connectivity index (χ2v) is 6.43. The molecule has 4 heteroatoms. The Morgan fingerprint density at radius 3 is 2.83 bits per heavy atom. The maximum Gasteiger partial charge on any atom is 0.0521 e. The summed E-state index contributed by atoms with van der Waals surface area (Å²) in [6, 6.07) is 2.95. The lowest BCUT2D eigenvalue weighted by Crippen LogP contribution is -2.49. The molecule has 1 saturated carbocycles. The van der Waals surface area contributed by atoms with Crippen LogP contribution in [0.2, 0.25) is 0 Å². The summed E-state index contributed by atoms with van der Waals surface area (Å²) in [5.74, 6) is 0. The van der Waals surface area contributed by atoms with Crippen LogP contribution in [0, 0.1) is 5.41 Å². The van der Waals surface area contributed by atoms with Crippen LogP contribution in [0.1, 0.15) is 25.0 Å². The van der Waals surface area contributed by atoms with Crippen LogP contribution in [-0.2, 0) is 13.6 Å². The van der Waals surface area contributed by atoms with Crippen molar-refractivity contribution in [2.24, 2.45) is 12.5 Å². The van der Waals surface area contributed by atoms with Gasteiger partial charge in [-0.2, -0.15) is 5.10 Å². The lowest BCUT2D eigenvalue weighted by atomic mass is 9.64. The lowest BCUT2D eigenvalue weighted by molar-refractivity contribution is 0.0321. The van der Waals surface area contributed by atoms with Crippen molar-refractivity contribution in [2.45, 2.75) is 31.8 Å². The highest BCUT2D eigenvalue weighted by Crippen LogP contribution is 2.49. The molecule has 2 fully saturated rings. The summed E-state index contributed by atoms with van der Waals surface area (Å²) >= 11 is 0. The summed E-state index contributed by atoms with van der Waals surface area (Å²) < 4.78 is 1.99. The average molecular weight is 248 g/mol. The van der Waals surface area contributed by atoms with Crippen molar-refractivity contribution in [3.63, 3.8) is 0 Å². The number of aromatic nitrogens is 2. The lowest BCUT2D eigenvalue weighted by Gasteiger charge is -2.48. The van der Waals surface area contributed by atoms with E-state index in [1.807, 2.05) is 17.9 Å². The van der Waals surface area contributed by atoms with Crippen LogP contribution in [-0.4, -0.2) is 52.8 Å². The Morgan fingerprint density at radius 2 is 2.22 bits per heavy atom. The SMILES string of the molecule is CN(C)C1CC2(CCN(Cc3ccnn3C)C2)C1. The predicted octanol–water partition coefficient (Wildman–Crippen LogP) is 1.34. The van der Waals surface area contributed by atoms with Crippen LogP contribution in [0.15, 0.2) is 12.3 Å². The van der Waals surface area contributed by atoms with E-state index in [2.05, 4.69) is 35.1 Å². The van der Waals surface area contributed by atoms with E-state index >= 15 is 0 Å². The Labute approximate surface area is 110 Å². The summed E-state index contributed by atoms with van der Waals surface area (Å²) in [6.45, 7) is 3.60. The van der Waals surface area contributed by atoms with Crippen molar-refractivity contribution < 1.29 is 0 Å². The minimum atomic E-state index is 0.632. The summed E-state index contributed by atoms with van der Waals surface area (Å²) in [4.78, 5) is 4.98. The van der Waals surface area contributed by atoms with E-state index in [0.29, 0.717) is 5.41 Å². The normalized spacial score (nSPS) is 32.3. The van der Waals surface area contributed by atoms with Gasteiger partial charge in [-0.1, -0.05) is 0 Å². The van der Waals surface area contributed by atoms with Crippen LogP contribution in [0.3, 0.4) is 0 Å². The monoisotopic (exact) mass is 248 g/mol. The van der Waals surface area contributed by atoms with Gasteiger partial charge in [0.25, 0.3) is 0 Å². The molecule has 0 N–H and O–H groups in total. The molecule has 0 bridgehead atoms. The van der Waals surface area contributed by atoms with E-state index in [4.69, 9.17) is 0 Å². The highest BCUT2D eigenvalue weighted by atomic mass is 15.3. The van der Waals surface area contributed by atoms with Crippen molar-refractivity contribution >= 4 is 0 Å². The molecule has 1 aromatic rings. The molecule has 1 aliphatic carbocycles. The summed E-state index contributed by atoms with van der Waals surface area (Å²) in [7, 11) is 6.45. The minimum absolute atomic E-state index is 0.632. The molecule has 1 aromatic heterocycles. The number of hydrogen-bond donors (Lipinski definition) is 0. The van der Waals surface area contributed by atoms with Crippen molar-refractivity contribution in [3.8, 4) is 0 Å². The fraction of sp³-hybridized carbons (Fsp3) is 0.786. The fourth-order valence-corrected chi connectivity index (χ4v) is 3.59. The van der Waals surface area contributed by atoms with E-state index in [-0.39, 0.29) is 0 Å². The highest BCUT2D eigenvalue weighted by molar-refractivity contribution is 5.06. The quantitative estimate of drug-likeness (QED) is 0.807. The van der Waals surface area contributed by atoms with Gasteiger partial charge < -0.3 is 4.90 Å². The fourth-order valence-electron chi connectivity index (χ4n) is 3.59. The molecule has 2 heterocycles. The van der Waals surface area contributed by atoms with Gasteiger partial charge in [-0.05, 0) is 51.4 Å². The topological polar surface area (TPSA) is 24.3 Å². The van der Waals surface area contributed by atoms with Gasteiger partial charge in [0.2, 0.25) is 0 Å². The first-order valence-corrected chi connectivity index (χ1v) is 6.94. The standard InChI is InChI=1S/C14H24N4/c1-16(2)13-8-14(9-13)5-7-18(11-14)10-12-4-6-15-17(12)3/h4,6,13H,5,7-11H2,1-3H3. The molecule has 0 aromatic carbocycles. The molecule has 100 valence electrons. The van der Waals surface area contributed by atoms with Gasteiger partial charge in [0.1, 0.15) is 0 Å². The van der Waals surface area contributed by atoms with Crippen LogP contribution < -0.4 is 0 Å². The van der Waals surface area contributed by atoms with Crippen LogP contribution in [0.25, 0.3) is 0 Å². The zero-order chi connectivity index (χ0) is 12.8. The molecule has 4 nitrogen and oxygen atoms in total. The average Bonchev–Trinajstić information content (AvgIpc) is 2.85. The number of rotatable bonds is 3. The first kappa shape index (κ1) is 12.2. The van der Waals surface area contributed by atoms with E-state index in [0.717, 1.165) is 12.6 Å². The predicted molar refractivity (Wildman–Crippen MR) is 72.2 cm³/mol. The molecule has 1 saturated heterocycles. The van der Waals surface area contributed by atoms with Gasteiger partial charge in [-0.15, -0.1) is 0 Å². The van der Waals surface area contributed by atoms with Gasteiger partial charge in [-0.3, -0.25) is 9.58 Å². The van der Waals surface area contributed by atoms with E-state index in [1.165, 1.54) is 38.0 Å². The zero-order valence-corrected chi connectivity index (χ0v) is 11.8. The molecule has 1 aliphatic heterocycles. The Hall–Kier alpha value is -0.870. The van der Waals surface area contributed by atoms with Gasteiger partial charge in [0, 0.05) is 32.4 Å². The number of nitrogens with zero attached hydrogens (tertiary/aromatic N) is 4. The Kier molecular flexibility index (Phi) is 2.94. The van der Waals surface area contributed by atoms with Crippen LogP contribution in [0.4, 0.5) is 0 Å². The summed E-state index contributed by atoms with van der Waals surface area (Å²) in [6.07, 6.45) is 6.06. The molecule has 3 rings (SSSR count). The van der Waals surface area contributed by atoms with Crippen molar-refractivity contribution in [3.05, 3.63) is 18.0 Å². The molecule has 0 unspecified atom stereocenters. The zero-order valence-electron chi connectivity index (χ0n) is 11.8. The van der Waals surface area contributed by atoms with Crippen molar-refractivity contribution in [1.29, 1.82) is 0 Å². The molecule has 0 radical (unpaired) electrons. The van der Waals surface area contributed by atoms with Gasteiger partial charge in [0.15, 0.2) is 0 Å². The van der Waals surface area contributed by atoms with Crippen molar-refractivity contribution in [2.75, 3.05) is 27.2 Å². The van der Waals surface area contributed by atoms with Crippen LogP contribution >= 0.6 is 0 Å². The largest absolute Gasteiger partial charge is 0.306 e. The second-order valence-electron chi connectivity index (χ2n) is 6.43. The van der Waals surface area contributed by atoms with Gasteiger partial charge in [-0.25, -0.2) is 0 Å². The Morgan fingerprint density at radius 1 is 1.44 bits per heavy atom. The number of likely N-dealkylation sites (tertiary alicyclic amines) is 1. The van der Waals surface area contributed by atoms with E-state index in [1.54, 1.807) is 0 Å². The molecule has 18 heavy (non-hydrogen) atoms. The first-order valence-electron chi connectivity index (χ1n) is 6.94. The minimum Gasteiger partial charge on any atom is -0.306 e. The highest BCUT2D eigenvalue weighted by Gasteiger charge is 2.48. The summed E-state index contributed by atoms with van der Waals surface area (Å²) in [5, 5.41) is 4.25. The molecule has 1 spiro atoms. The maximum atomic E-state index is 4.25. The second kappa shape index (κ2) is 4.35. The van der Waals surface area contributed by atoms with E-state index < -0.39 is 0 Å². The van der Waals surface area contributed by atoms with Gasteiger partial charge >= 0.3 is 0 Å². The third-order valence-corrected chi connectivity index (χ3v) is 4.89.